The Morgan fingerprint density at radius 3 is 2.69 bits per heavy atom. The summed E-state index contributed by atoms with van der Waals surface area (Å²) in [4.78, 5) is 24.3. The normalized spacial score (nSPS) is 18.2. The Hall–Kier alpha value is -1.76. The minimum absolute atomic E-state index is 0.109. The van der Waals surface area contributed by atoms with E-state index < -0.39 is 5.97 Å². The molecule has 1 heterocycles. The number of amides is 2. The van der Waals surface area contributed by atoms with Gasteiger partial charge in [0.25, 0.3) is 0 Å². The summed E-state index contributed by atoms with van der Waals surface area (Å²) in [6.45, 7) is 6.15. The van der Waals surface area contributed by atoms with Crippen LogP contribution in [0.25, 0.3) is 0 Å². The fraction of sp³-hybridized carbons (Fsp3) is 0.444. The molecular formula is C18H23Cl2N3O3. The predicted molar refractivity (Wildman–Crippen MR) is 102 cm³/mol. The second kappa shape index (κ2) is 9.26. The van der Waals surface area contributed by atoms with Gasteiger partial charge in [-0.15, -0.1) is 0 Å². The Kier molecular flexibility index (Phi) is 7.32. The van der Waals surface area contributed by atoms with E-state index in [4.69, 9.17) is 27.9 Å². The van der Waals surface area contributed by atoms with Gasteiger partial charge in [-0.2, -0.15) is 0 Å². The molecule has 0 fully saturated rings. The van der Waals surface area contributed by atoms with Crippen LogP contribution < -0.4 is 16.0 Å². The van der Waals surface area contributed by atoms with E-state index in [9.17, 15) is 9.59 Å². The van der Waals surface area contributed by atoms with Crippen LogP contribution in [-0.4, -0.2) is 31.2 Å². The Morgan fingerprint density at radius 2 is 2.08 bits per heavy atom. The molecule has 2 atom stereocenters. The van der Waals surface area contributed by atoms with Crippen LogP contribution in [0.4, 0.5) is 4.79 Å². The van der Waals surface area contributed by atoms with E-state index in [-0.39, 0.29) is 31.3 Å². The Bertz CT molecular complexity index is 722. The SMILES string of the molecule is CCOC(=O)C1=C(CN[C@H](C)c2ccc(Cl)cc2Cl)NC(=O)N[C@@H]1CC. The lowest BCUT2D eigenvalue weighted by molar-refractivity contribution is -0.139. The molecule has 2 amide bonds. The number of hydrogen-bond acceptors (Lipinski definition) is 4. The summed E-state index contributed by atoms with van der Waals surface area (Å²) < 4.78 is 5.15. The van der Waals surface area contributed by atoms with E-state index in [1.54, 1.807) is 19.1 Å². The average Bonchev–Trinajstić information content (AvgIpc) is 2.59. The van der Waals surface area contributed by atoms with Crippen LogP contribution >= 0.6 is 23.2 Å². The molecule has 1 aliphatic heterocycles. The van der Waals surface area contributed by atoms with Gasteiger partial charge in [0.05, 0.1) is 18.2 Å². The van der Waals surface area contributed by atoms with Crippen molar-refractivity contribution in [3.63, 3.8) is 0 Å². The van der Waals surface area contributed by atoms with E-state index in [2.05, 4.69) is 16.0 Å². The highest BCUT2D eigenvalue weighted by Gasteiger charge is 2.31. The van der Waals surface area contributed by atoms with E-state index in [1.165, 1.54) is 0 Å². The number of carbonyl (C=O) groups is 2. The first-order valence-corrected chi connectivity index (χ1v) is 9.28. The standard InChI is InChI=1S/C18H23Cl2N3O3/c1-4-14-16(17(24)26-5-2)15(23-18(25)22-14)9-21-10(3)12-7-6-11(19)8-13(12)20/h6-8,10,14,21H,4-5,9H2,1-3H3,(H2,22,23,25)/t10-,14-/m1/s1. The quantitative estimate of drug-likeness (QED) is 0.612. The van der Waals surface area contributed by atoms with E-state index in [0.29, 0.717) is 27.7 Å². The zero-order valence-corrected chi connectivity index (χ0v) is 16.5. The number of ether oxygens (including phenoxy) is 1. The van der Waals surface area contributed by atoms with Gasteiger partial charge in [0, 0.05) is 28.3 Å². The van der Waals surface area contributed by atoms with Crippen LogP contribution in [0.15, 0.2) is 29.5 Å². The molecule has 1 aromatic rings. The molecule has 26 heavy (non-hydrogen) atoms. The van der Waals surface area contributed by atoms with Crippen molar-refractivity contribution in [2.45, 2.75) is 39.3 Å². The smallest absolute Gasteiger partial charge is 0.337 e. The molecule has 0 spiro atoms. The minimum atomic E-state index is -0.430. The highest BCUT2D eigenvalue weighted by atomic mass is 35.5. The average molecular weight is 400 g/mol. The van der Waals surface area contributed by atoms with Crippen LogP contribution in [-0.2, 0) is 9.53 Å². The van der Waals surface area contributed by atoms with Gasteiger partial charge in [0.15, 0.2) is 0 Å². The first-order valence-electron chi connectivity index (χ1n) is 8.53. The van der Waals surface area contributed by atoms with Gasteiger partial charge in [-0.25, -0.2) is 9.59 Å². The molecule has 6 nitrogen and oxygen atoms in total. The molecule has 0 saturated carbocycles. The summed E-state index contributed by atoms with van der Waals surface area (Å²) in [5, 5.41) is 9.86. The van der Waals surface area contributed by atoms with Crippen LogP contribution in [0.5, 0.6) is 0 Å². The number of hydrogen-bond donors (Lipinski definition) is 3. The summed E-state index contributed by atoms with van der Waals surface area (Å²) >= 11 is 12.2. The third-order valence-corrected chi connectivity index (χ3v) is 4.72. The van der Waals surface area contributed by atoms with Crippen molar-refractivity contribution in [2.75, 3.05) is 13.2 Å². The molecule has 0 aliphatic carbocycles. The van der Waals surface area contributed by atoms with Crippen LogP contribution in [0, 0.1) is 0 Å². The molecule has 0 saturated heterocycles. The molecule has 2 rings (SSSR count). The first-order chi connectivity index (χ1) is 12.4. The molecule has 1 aliphatic rings. The monoisotopic (exact) mass is 399 g/mol. The maximum Gasteiger partial charge on any atom is 0.337 e. The van der Waals surface area contributed by atoms with Gasteiger partial charge in [0.1, 0.15) is 0 Å². The van der Waals surface area contributed by atoms with E-state index in [1.807, 2.05) is 19.9 Å². The lowest BCUT2D eigenvalue weighted by Gasteiger charge is -2.29. The molecular weight excluding hydrogens is 377 g/mol. The van der Waals surface area contributed by atoms with Gasteiger partial charge < -0.3 is 20.7 Å². The maximum atomic E-state index is 12.4. The lowest BCUT2D eigenvalue weighted by atomic mass is 10.00. The van der Waals surface area contributed by atoms with Crippen molar-refractivity contribution in [2.24, 2.45) is 0 Å². The topological polar surface area (TPSA) is 79.5 Å². The van der Waals surface area contributed by atoms with E-state index in [0.717, 1.165) is 5.56 Å². The molecule has 142 valence electrons. The number of esters is 1. The third kappa shape index (κ3) is 4.90. The Morgan fingerprint density at radius 1 is 1.35 bits per heavy atom. The zero-order chi connectivity index (χ0) is 19.3. The second-order valence-electron chi connectivity index (χ2n) is 5.94. The minimum Gasteiger partial charge on any atom is -0.463 e. The van der Waals surface area contributed by atoms with Gasteiger partial charge >= 0.3 is 12.0 Å². The van der Waals surface area contributed by atoms with Crippen LogP contribution in [0.1, 0.15) is 38.8 Å². The summed E-state index contributed by atoms with van der Waals surface area (Å²) in [5.41, 5.74) is 1.83. The maximum absolute atomic E-state index is 12.4. The van der Waals surface area contributed by atoms with Crippen LogP contribution in [0.2, 0.25) is 10.0 Å². The Labute approximate surface area is 163 Å². The summed E-state index contributed by atoms with van der Waals surface area (Å²) in [7, 11) is 0. The van der Waals surface area contributed by atoms with Gasteiger partial charge in [-0.05, 0) is 38.0 Å². The largest absolute Gasteiger partial charge is 0.463 e. The number of urea groups is 1. The van der Waals surface area contributed by atoms with E-state index >= 15 is 0 Å². The van der Waals surface area contributed by atoms with Crippen molar-refractivity contribution in [3.8, 4) is 0 Å². The Balaban J connectivity index is 2.21. The van der Waals surface area contributed by atoms with Crippen molar-refractivity contribution in [1.82, 2.24) is 16.0 Å². The number of carbonyl (C=O) groups excluding carboxylic acids is 2. The lowest BCUT2D eigenvalue weighted by Crippen LogP contribution is -2.52. The third-order valence-electron chi connectivity index (χ3n) is 4.16. The molecule has 8 heteroatoms. The number of nitrogens with one attached hydrogen (secondary N) is 3. The van der Waals surface area contributed by atoms with Gasteiger partial charge in [-0.3, -0.25) is 0 Å². The highest BCUT2D eigenvalue weighted by Crippen LogP contribution is 2.26. The molecule has 0 aromatic heterocycles. The van der Waals surface area contributed by atoms with Crippen molar-refractivity contribution >= 4 is 35.2 Å². The predicted octanol–water partition coefficient (Wildman–Crippen LogP) is 3.55. The summed E-state index contributed by atoms with van der Waals surface area (Å²) in [6.07, 6.45) is 0.587. The molecule has 0 unspecified atom stereocenters. The fourth-order valence-electron chi connectivity index (χ4n) is 2.82. The number of halogens is 2. The van der Waals surface area contributed by atoms with Crippen molar-refractivity contribution < 1.29 is 14.3 Å². The fourth-order valence-corrected chi connectivity index (χ4v) is 3.39. The highest BCUT2D eigenvalue weighted by molar-refractivity contribution is 6.35. The molecule has 3 N–H and O–H groups in total. The molecule has 0 radical (unpaired) electrons. The second-order valence-corrected chi connectivity index (χ2v) is 6.78. The van der Waals surface area contributed by atoms with Gasteiger partial charge in [-0.1, -0.05) is 36.2 Å². The van der Waals surface area contributed by atoms with Gasteiger partial charge in [0.2, 0.25) is 0 Å². The zero-order valence-electron chi connectivity index (χ0n) is 15.0. The van der Waals surface area contributed by atoms with Crippen LogP contribution in [0.3, 0.4) is 0 Å². The molecule has 1 aromatic carbocycles. The first kappa shape index (κ1) is 20.6. The number of rotatable bonds is 7. The molecule has 0 bridgehead atoms. The van der Waals surface area contributed by atoms with Crippen molar-refractivity contribution in [1.29, 1.82) is 0 Å². The number of benzene rings is 1. The summed E-state index contributed by atoms with van der Waals surface area (Å²) in [6, 6.07) is 4.47. The summed E-state index contributed by atoms with van der Waals surface area (Å²) in [5.74, 6) is -0.430. The van der Waals surface area contributed by atoms with Crippen molar-refractivity contribution in [3.05, 3.63) is 45.1 Å².